The number of carbonyl (C=O) groups excluding carboxylic acids is 2. The Bertz CT molecular complexity index is 531. The van der Waals surface area contributed by atoms with E-state index < -0.39 is 6.09 Å². The summed E-state index contributed by atoms with van der Waals surface area (Å²) in [6.07, 6.45) is 0.509. The van der Waals surface area contributed by atoms with Gasteiger partial charge in [0, 0.05) is 6.08 Å². The normalized spacial score (nSPS) is 15.4. The Morgan fingerprint density at radius 3 is 2.61 bits per heavy atom. The highest BCUT2D eigenvalue weighted by Gasteiger charge is 2.23. The summed E-state index contributed by atoms with van der Waals surface area (Å²) in [4.78, 5) is 20.8. The molecule has 0 radical (unpaired) electrons. The van der Waals surface area contributed by atoms with Crippen LogP contribution in [-0.2, 0) is 14.3 Å². The lowest BCUT2D eigenvalue weighted by Crippen LogP contribution is -2.22. The summed E-state index contributed by atoms with van der Waals surface area (Å²) in [6.45, 7) is 6.18. The first kappa shape index (κ1) is 18.3. The van der Waals surface area contributed by atoms with Gasteiger partial charge in [0.2, 0.25) is 0 Å². The molecule has 1 fully saturated rings. The molecule has 1 saturated heterocycles. The number of nitrogens with one attached hydrogen (secondary N) is 1. The van der Waals surface area contributed by atoms with Crippen molar-refractivity contribution in [2.45, 2.75) is 13.0 Å². The molecular weight excluding hydrogens is 302 g/mol. The lowest BCUT2D eigenvalue weighted by atomic mass is 10.3. The van der Waals surface area contributed by atoms with Gasteiger partial charge in [-0.25, -0.2) is 9.59 Å². The Morgan fingerprint density at radius 1 is 1.43 bits per heavy atom. The van der Waals surface area contributed by atoms with Crippen LogP contribution >= 0.6 is 0 Å². The van der Waals surface area contributed by atoms with E-state index in [0.29, 0.717) is 31.3 Å². The van der Waals surface area contributed by atoms with Crippen LogP contribution in [0.5, 0.6) is 11.5 Å². The first-order valence-corrected chi connectivity index (χ1v) is 7.10. The maximum Gasteiger partial charge on any atom is 0.407 e. The first-order valence-electron chi connectivity index (χ1n) is 7.10. The number of cyclic esters (lactones) is 1. The molecule has 1 aliphatic heterocycles. The standard InChI is InChI=1S/C11H13NO4.C5H8O2/c1-14-9-4-2-3-5-10(9)15-7-8-6-12-11(13)16-8;1-3-5(6)7-4-2/h2-5,8H,6-7H2,1H3,(H,12,13);3H,1,4H2,2H3. The Balaban J connectivity index is 0.000000322. The second-order valence-electron chi connectivity index (χ2n) is 4.33. The van der Waals surface area contributed by atoms with E-state index in [1.807, 2.05) is 24.3 Å². The number of alkyl carbamates (subject to hydrolysis) is 1. The third kappa shape index (κ3) is 6.73. The molecule has 1 atom stereocenters. The van der Waals surface area contributed by atoms with E-state index in [0.717, 1.165) is 6.08 Å². The van der Waals surface area contributed by atoms with Crippen molar-refractivity contribution in [3.8, 4) is 11.5 Å². The monoisotopic (exact) mass is 323 g/mol. The van der Waals surface area contributed by atoms with Crippen molar-refractivity contribution < 1.29 is 28.5 Å². The van der Waals surface area contributed by atoms with Crippen LogP contribution in [0, 0.1) is 0 Å². The Kier molecular flexibility index (Phi) is 8.06. The number of amides is 1. The van der Waals surface area contributed by atoms with Gasteiger partial charge in [0.1, 0.15) is 6.61 Å². The molecule has 1 amide bonds. The van der Waals surface area contributed by atoms with Crippen molar-refractivity contribution in [1.82, 2.24) is 5.32 Å². The molecule has 2 rings (SSSR count). The van der Waals surface area contributed by atoms with Crippen LogP contribution in [0.3, 0.4) is 0 Å². The molecule has 1 aliphatic rings. The van der Waals surface area contributed by atoms with Gasteiger partial charge in [0.05, 0.1) is 20.3 Å². The molecule has 23 heavy (non-hydrogen) atoms. The lowest BCUT2D eigenvalue weighted by Gasteiger charge is -2.12. The maximum atomic E-state index is 10.8. The molecule has 0 aromatic heterocycles. The minimum Gasteiger partial charge on any atom is -0.493 e. The molecule has 1 aromatic carbocycles. The number of carbonyl (C=O) groups is 2. The number of methoxy groups -OCH3 is 1. The largest absolute Gasteiger partial charge is 0.493 e. The van der Waals surface area contributed by atoms with Gasteiger partial charge in [0.25, 0.3) is 0 Å². The van der Waals surface area contributed by atoms with Crippen LogP contribution in [0.25, 0.3) is 0 Å². The second-order valence-corrected chi connectivity index (χ2v) is 4.33. The van der Waals surface area contributed by atoms with E-state index in [9.17, 15) is 9.59 Å². The predicted molar refractivity (Wildman–Crippen MR) is 83.6 cm³/mol. The first-order chi connectivity index (χ1) is 11.1. The second kappa shape index (κ2) is 10.1. The Hall–Kier alpha value is -2.70. The van der Waals surface area contributed by atoms with Crippen molar-refractivity contribution in [2.24, 2.45) is 0 Å². The highest BCUT2D eigenvalue weighted by molar-refractivity contribution is 5.81. The minimum atomic E-state index is -0.395. The van der Waals surface area contributed by atoms with Crippen molar-refractivity contribution in [1.29, 1.82) is 0 Å². The number of ether oxygens (including phenoxy) is 4. The molecule has 0 saturated carbocycles. The molecule has 1 heterocycles. The molecule has 0 aliphatic carbocycles. The van der Waals surface area contributed by atoms with Crippen LogP contribution in [0.4, 0.5) is 4.79 Å². The predicted octanol–water partition coefficient (Wildman–Crippen LogP) is 1.92. The number of benzene rings is 1. The molecule has 0 spiro atoms. The van der Waals surface area contributed by atoms with Gasteiger partial charge in [-0.05, 0) is 19.1 Å². The fraction of sp³-hybridized carbons (Fsp3) is 0.375. The number of hydrogen-bond donors (Lipinski definition) is 1. The zero-order valence-corrected chi connectivity index (χ0v) is 13.2. The Morgan fingerprint density at radius 2 is 2.13 bits per heavy atom. The van der Waals surface area contributed by atoms with Crippen LogP contribution < -0.4 is 14.8 Å². The smallest absolute Gasteiger partial charge is 0.407 e. The zero-order chi connectivity index (χ0) is 17.1. The van der Waals surface area contributed by atoms with E-state index in [1.54, 1.807) is 14.0 Å². The van der Waals surface area contributed by atoms with Gasteiger partial charge in [0.15, 0.2) is 17.6 Å². The van der Waals surface area contributed by atoms with Crippen molar-refractivity contribution >= 4 is 12.1 Å². The number of hydrogen-bond acceptors (Lipinski definition) is 6. The van der Waals surface area contributed by atoms with Gasteiger partial charge in [-0.1, -0.05) is 18.7 Å². The summed E-state index contributed by atoms with van der Waals surface area (Å²) in [6, 6.07) is 7.34. The summed E-state index contributed by atoms with van der Waals surface area (Å²) in [5.74, 6) is 0.954. The fourth-order valence-corrected chi connectivity index (χ4v) is 1.65. The van der Waals surface area contributed by atoms with E-state index in [-0.39, 0.29) is 12.1 Å². The summed E-state index contributed by atoms with van der Waals surface area (Å²) >= 11 is 0. The molecular formula is C16H21NO6. The summed E-state index contributed by atoms with van der Waals surface area (Å²) < 4.78 is 20.0. The molecule has 1 N–H and O–H groups in total. The molecule has 0 bridgehead atoms. The van der Waals surface area contributed by atoms with E-state index in [4.69, 9.17) is 14.2 Å². The topological polar surface area (TPSA) is 83.1 Å². The quantitative estimate of drug-likeness (QED) is 0.636. The average molecular weight is 323 g/mol. The third-order valence-corrected chi connectivity index (χ3v) is 2.69. The SMILES string of the molecule is C=CC(=O)OCC.COc1ccccc1OCC1CNC(=O)O1. The van der Waals surface area contributed by atoms with Crippen LogP contribution in [-0.4, -0.2) is 45.0 Å². The van der Waals surface area contributed by atoms with E-state index in [2.05, 4.69) is 16.6 Å². The molecule has 1 aromatic rings. The van der Waals surface area contributed by atoms with E-state index in [1.165, 1.54) is 0 Å². The highest BCUT2D eigenvalue weighted by atomic mass is 16.6. The summed E-state index contributed by atoms with van der Waals surface area (Å²) in [7, 11) is 1.58. The van der Waals surface area contributed by atoms with Gasteiger partial charge in [-0.15, -0.1) is 0 Å². The minimum absolute atomic E-state index is 0.239. The molecule has 126 valence electrons. The summed E-state index contributed by atoms with van der Waals surface area (Å²) in [5.41, 5.74) is 0. The third-order valence-electron chi connectivity index (χ3n) is 2.69. The Labute approximate surface area is 135 Å². The zero-order valence-electron chi connectivity index (χ0n) is 13.2. The van der Waals surface area contributed by atoms with Crippen LogP contribution in [0.2, 0.25) is 0 Å². The van der Waals surface area contributed by atoms with Crippen molar-refractivity contribution in [3.63, 3.8) is 0 Å². The average Bonchev–Trinajstić information content (AvgIpc) is 2.99. The number of rotatable bonds is 6. The molecule has 1 unspecified atom stereocenters. The number of esters is 1. The van der Waals surface area contributed by atoms with Gasteiger partial charge < -0.3 is 24.3 Å². The van der Waals surface area contributed by atoms with Crippen molar-refractivity contribution in [2.75, 3.05) is 26.9 Å². The highest BCUT2D eigenvalue weighted by Crippen LogP contribution is 2.26. The fourth-order valence-electron chi connectivity index (χ4n) is 1.65. The van der Waals surface area contributed by atoms with Gasteiger partial charge in [-0.3, -0.25) is 0 Å². The lowest BCUT2D eigenvalue weighted by molar-refractivity contribution is -0.137. The van der Waals surface area contributed by atoms with E-state index >= 15 is 0 Å². The summed E-state index contributed by atoms with van der Waals surface area (Å²) in [5, 5.41) is 2.56. The number of para-hydroxylation sites is 2. The maximum absolute atomic E-state index is 10.8. The van der Waals surface area contributed by atoms with Crippen LogP contribution in [0.15, 0.2) is 36.9 Å². The van der Waals surface area contributed by atoms with Gasteiger partial charge in [-0.2, -0.15) is 0 Å². The van der Waals surface area contributed by atoms with Crippen molar-refractivity contribution in [3.05, 3.63) is 36.9 Å². The molecule has 7 heteroatoms. The van der Waals surface area contributed by atoms with Crippen LogP contribution in [0.1, 0.15) is 6.92 Å². The molecule has 7 nitrogen and oxygen atoms in total. The van der Waals surface area contributed by atoms with Gasteiger partial charge >= 0.3 is 12.1 Å².